The molecule has 1 atom stereocenters. The maximum atomic E-state index is 14.2. The van der Waals surface area contributed by atoms with Crippen LogP contribution in [0.3, 0.4) is 0 Å². The predicted octanol–water partition coefficient (Wildman–Crippen LogP) is 2.69. The quantitative estimate of drug-likeness (QED) is 0.534. The molecule has 0 saturated carbocycles. The molecule has 2 N–H and O–H groups in total. The topological polar surface area (TPSA) is 52.1 Å². The smallest absolute Gasteiger partial charge is 0.191 e. The highest BCUT2D eigenvalue weighted by atomic mass is 32.1. The van der Waals surface area contributed by atoms with Crippen LogP contribution in [0.2, 0.25) is 0 Å². The second-order valence-corrected chi connectivity index (χ2v) is 8.15. The maximum absolute atomic E-state index is 14.2. The Labute approximate surface area is 176 Å². The van der Waals surface area contributed by atoms with Crippen molar-refractivity contribution in [2.45, 2.75) is 12.6 Å². The molecule has 1 fully saturated rings. The molecule has 3 rings (SSSR count). The van der Waals surface area contributed by atoms with Gasteiger partial charge in [0.1, 0.15) is 5.82 Å². The lowest BCUT2D eigenvalue weighted by Gasteiger charge is -2.34. The molecule has 1 saturated heterocycles. The Kier molecular flexibility index (Phi) is 7.85. The van der Waals surface area contributed by atoms with E-state index in [1.807, 2.05) is 20.2 Å². The Morgan fingerprint density at radius 1 is 1.28 bits per heavy atom. The molecule has 1 aliphatic heterocycles. The molecule has 0 aliphatic carbocycles. The van der Waals surface area contributed by atoms with Crippen molar-refractivity contribution in [1.29, 1.82) is 0 Å². The number of rotatable bonds is 7. The summed E-state index contributed by atoms with van der Waals surface area (Å²) in [6.45, 7) is 4.63. The molecular weight excluding hydrogens is 389 g/mol. The van der Waals surface area contributed by atoms with Crippen LogP contribution in [-0.2, 0) is 11.3 Å². The molecule has 8 heteroatoms. The molecule has 29 heavy (non-hydrogen) atoms. The van der Waals surface area contributed by atoms with Gasteiger partial charge in [-0.2, -0.15) is 0 Å². The summed E-state index contributed by atoms with van der Waals surface area (Å²) in [6, 6.07) is 9.84. The summed E-state index contributed by atoms with van der Waals surface area (Å²) >= 11 is 1.77. The second kappa shape index (κ2) is 10.6. The van der Waals surface area contributed by atoms with Crippen LogP contribution in [0, 0.1) is 5.82 Å². The van der Waals surface area contributed by atoms with Gasteiger partial charge < -0.3 is 20.3 Å². The molecule has 6 nitrogen and oxygen atoms in total. The van der Waals surface area contributed by atoms with Gasteiger partial charge in [-0.1, -0.05) is 12.1 Å². The molecule has 158 valence electrons. The van der Waals surface area contributed by atoms with E-state index >= 15 is 0 Å². The Morgan fingerprint density at radius 2 is 2.07 bits per heavy atom. The van der Waals surface area contributed by atoms with E-state index in [0.717, 1.165) is 38.4 Å². The third-order valence-corrected chi connectivity index (χ3v) is 5.97. The van der Waals surface area contributed by atoms with E-state index in [4.69, 9.17) is 4.74 Å². The number of hydrogen-bond donors (Lipinski definition) is 2. The summed E-state index contributed by atoms with van der Waals surface area (Å²) in [6.07, 6.45) is 0. The van der Waals surface area contributed by atoms with Crippen LogP contribution >= 0.6 is 11.3 Å². The zero-order chi connectivity index (χ0) is 20.6. The minimum absolute atomic E-state index is 0.220. The van der Waals surface area contributed by atoms with Crippen molar-refractivity contribution in [2.75, 3.05) is 58.9 Å². The molecule has 0 spiro atoms. The highest BCUT2D eigenvalue weighted by molar-refractivity contribution is 7.10. The van der Waals surface area contributed by atoms with Crippen LogP contribution in [0.5, 0.6) is 0 Å². The number of aliphatic imine (C=N–C) groups is 1. The molecule has 0 amide bonds. The van der Waals surface area contributed by atoms with Crippen LogP contribution in [-0.4, -0.2) is 64.9 Å². The highest BCUT2D eigenvalue weighted by Crippen LogP contribution is 2.25. The Morgan fingerprint density at radius 3 is 2.69 bits per heavy atom. The van der Waals surface area contributed by atoms with Crippen molar-refractivity contribution in [3.8, 4) is 0 Å². The summed E-state index contributed by atoms with van der Waals surface area (Å²) in [5, 5.41) is 8.83. The predicted molar refractivity (Wildman–Crippen MR) is 118 cm³/mol. The van der Waals surface area contributed by atoms with E-state index in [0.29, 0.717) is 18.2 Å². The molecule has 1 aliphatic rings. The minimum atomic E-state index is -0.220. The molecule has 0 radical (unpaired) electrons. The van der Waals surface area contributed by atoms with E-state index in [1.54, 1.807) is 35.4 Å². The zero-order valence-corrected chi connectivity index (χ0v) is 18.1. The van der Waals surface area contributed by atoms with Crippen molar-refractivity contribution in [2.24, 2.45) is 4.99 Å². The van der Waals surface area contributed by atoms with E-state index < -0.39 is 0 Å². The first-order chi connectivity index (χ1) is 14.1. The van der Waals surface area contributed by atoms with Crippen LogP contribution in [0.15, 0.2) is 40.7 Å². The van der Waals surface area contributed by atoms with Gasteiger partial charge in [-0.25, -0.2) is 4.39 Å². The molecule has 2 heterocycles. The summed E-state index contributed by atoms with van der Waals surface area (Å²) in [5.41, 5.74) is 1.46. The van der Waals surface area contributed by atoms with Gasteiger partial charge in [0.15, 0.2) is 5.96 Å². The zero-order valence-electron chi connectivity index (χ0n) is 17.3. The van der Waals surface area contributed by atoms with Crippen molar-refractivity contribution in [3.63, 3.8) is 0 Å². The van der Waals surface area contributed by atoms with Gasteiger partial charge >= 0.3 is 0 Å². The summed E-state index contributed by atoms with van der Waals surface area (Å²) < 4.78 is 19.7. The lowest BCUT2D eigenvalue weighted by molar-refractivity contribution is 0.0177. The van der Waals surface area contributed by atoms with Crippen LogP contribution < -0.4 is 15.5 Å². The van der Waals surface area contributed by atoms with Gasteiger partial charge in [-0.15, -0.1) is 11.3 Å². The van der Waals surface area contributed by atoms with Crippen LogP contribution in [0.1, 0.15) is 16.5 Å². The van der Waals surface area contributed by atoms with E-state index in [1.165, 1.54) is 4.88 Å². The summed E-state index contributed by atoms with van der Waals surface area (Å²) in [5.74, 6) is 0.485. The molecule has 2 aromatic rings. The third kappa shape index (κ3) is 5.91. The first-order valence-corrected chi connectivity index (χ1v) is 10.7. The number of ether oxygens (including phenoxy) is 1. The highest BCUT2D eigenvalue weighted by Gasteiger charge is 2.23. The van der Waals surface area contributed by atoms with Crippen molar-refractivity contribution in [1.82, 2.24) is 15.5 Å². The van der Waals surface area contributed by atoms with Crippen LogP contribution in [0.4, 0.5) is 10.1 Å². The molecule has 1 aromatic heterocycles. The number of guanidine groups is 1. The molecule has 1 unspecified atom stereocenters. The number of nitrogens with zero attached hydrogens (tertiary/aromatic N) is 3. The molecule has 1 aromatic carbocycles. The van der Waals surface area contributed by atoms with Gasteiger partial charge in [0.05, 0.1) is 24.9 Å². The maximum Gasteiger partial charge on any atom is 0.191 e. The fourth-order valence-corrected chi connectivity index (χ4v) is 4.26. The minimum Gasteiger partial charge on any atom is -0.379 e. The first-order valence-electron chi connectivity index (χ1n) is 9.84. The number of halogens is 1. The number of hydrogen-bond acceptors (Lipinski definition) is 5. The average molecular weight is 420 g/mol. The Bertz CT molecular complexity index is 790. The van der Waals surface area contributed by atoms with Crippen molar-refractivity contribution in [3.05, 3.63) is 52.0 Å². The van der Waals surface area contributed by atoms with Crippen LogP contribution in [0.25, 0.3) is 0 Å². The van der Waals surface area contributed by atoms with E-state index in [-0.39, 0.29) is 11.9 Å². The van der Waals surface area contributed by atoms with E-state index in [2.05, 4.69) is 38.0 Å². The number of morpholine rings is 1. The van der Waals surface area contributed by atoms with Gasteiger partial charge in [0, 0.05) is 52.2 Å². The van der Waals surface area contributed by atoms with E-state index in [9.17, 15) is 4.39 Å². The number of benzene rings is 1. The number of anilines is 1. The fraction of sp³-hybridized carbons (Fsp3) is 0.476. The van der Waals surface area contributed by atoms with Crippen molar-refractivity contribution < 1.29 is 9.13 Å². The van der Waals surface area contributed by atoms with Crippen molar-refractivity contribution >= 4 is 23.0 Å². The molecular formula is C21H30FN5OS. The lowest BCUT2D eigenvalue weighted by Crippen LogP contribution is -2.46. The number of thiophene rings is 1. The standard InChI is InChI=1S/C21H30FN5OS/c1-23-21(24-14-16-6-7-18(26(2)3)17(22)13-16)25-15-19(20-5-4-12-29-20)27-8-10-28-11-9-27/h4-7,12-13,19H,8-11,14-15H2,1-3H3,(H2,23,24,25). The second-order valence-electron chi connectivity index (χ2n) is 7.17. The normalized spacial score (nSPS) is 16.5. The Hall–Kier alpha value is -2.16. The van der Waals surface area contributed by atoms with Gasteiger partial charge in [0.25, 0.3) is 0 Å². The average Bonchev–Trinajstić information content (AvgIpc) is 3.25. The van der Waals surface area contributed by atoms with Gasteiger partial charge in [-0.05, 0) is 29.1 Å². The summed E-state index contributed by atoms with van der Waals surface area (Å²) in [4.78, 5) is 9.87. The fourth-order valence-electron chi connectivity index (χ4n) is 3.40. The van der Waals surface area contributed by atoms with Gasteiger partial charge in [-0.3, -0.25) is 9.89 Å². The monoisotopic (exact) mass is 419 g/mol. The van der Waals surface area contributed by atoms with Gasteiger partial charge in [0.2, 0.25) is 0 Å². The SMILES string of the molecule is CN=C(NCc1ccc(N(C)C)c(F)c1)NCC(c1cccs1)N1CCOCC1. The first kappa shape index (κ1) is 21.5. The summed E-state index contributed by atoms with van der Waals surface area (Å²) in [7, 11) is 5.42. The molecule has 0 bridgehead atoms. The largest absolute Gasteiger partial charge is 0.379 e. The third-order valence-electron chi connectivity index (χ3n) is 5.00. The number of nitrogens with one attached hydrogen (secondary N) is 2. The lowest BCUT2D eigenvalue weighted by atomic mass is 10.2. The Balaban J connectivity index is 1.58.